The topological polar surface area (TPSA) is 46.1 Å². The number of hydrogen-bond acceptors (Lipinski definition) is 3. The fourth-order valence-corrected chi connectivity index (χ4v) is 2.97. The molecule has 1 aromatic rings. The molecule has 0 spiro atoms. The standard InChI is InChI=1S/C19H31N3O2/c1-4-20-19(22-13-6-7-14-22)21-12-8-9-16-10-11-17(23-3)18(15-16)24-5-2/h10-11,15H,4-9,12-14H2,1-3H3,(H,20,21). The van der Waals surface area contributed by atoms with Crippen molar-refractivity contribution in [3.8, 4) is 11.5 Å². The molecule has 1 aliphatic rings. The van der Waals surface area contributed by atoms with Gasteiger partial charge in [0.1, 0.15) is 0 Å². The number of hydrogen-bond donors (Lipinski definition) is 1. The Labute approximate surface area is 146 Å². The van der Waals surface area contributed by atoms with Gasteiger partial charge in [-0.2, -0.15) is 0 Å². The Balaban J connectivity index is 1.88. The van der Waals surface area contributed by atoms with Gasteiger partial charge < -0.3 is 19.7 Å². The zero-order valence-electron chi connectivity index (χ0n) is 15.3. The van der Waals surface area contributed by atoms with Gasteiger partial charge in [-0.25, -0.2) is 0 Å². The highest BCUT2D eigenvalue weighted by Gasteiger charge is 2.15. The van der Waals surface area contributed by atoms with E-state index in [1.165, 1.54) is 18.4 Å². The number of likely N-dealkylation sites (tertiary alicyclic amines) is 1. The van der Waals surface area contributed by atoms with Crippen molar-refractivity contribution in [3.63, 3.8) is 0 Å². The fraction of sp³-hybridized carbons (Fsp3) is 0.632. The molecule has 1 saturated heterocycles. The molecule has 0 saturated carbocycles. The van der Waals surface area contributed by atoms with Crippen LogP contribution in [-0.4, -0.2) is 50.8 Å². The predicted molar refractivity (Wildman–Crippen MR) is 99.3 cm³/mol. The van der Waals surface area contributed by atoms with E-state index in [1.54, 1.807) is 7.11 Å². The first-order valence-electron chi connectivity index (χ1n) is 9.11. The second-order valence-electron chi connectivity index (χ2n) is 5.95. The zero-order valence-corrected chi connectivity index (χ0v) is 15.3. The van der Waals surface area contributed by atoms with Gasteiger partial charge in [0.2, 0.25) is 0 Å². The number of aliphatic imine (C=N–C) groups is 1. The van der Waals surface area contributed by atoms with Crippen LogP contribution in [0.15, 0.2) is 23.2 Å². The minimum absolute atomic E-state index is 0.645. The van der Waals surface area contributed by atoms with Crippen molar-refractivity contribution in [1.29, 1.82) is 0 Å². The summed E-state index contributed by atoms with van der Waals surface area (Å²) in [4.78, 5) is 7.14. The van der Waals surface area contributed by atoms with Crippen molar-refractivity contribution in [1.82, 2.24) is 10.2 Å². The summed E-state index contributed by atoms with van der Waals surface area (Å²) in [6.45, 7) is 8.77. The highest BCUT2D eigenvalue weighted by Crippen LogP contribution is 2.28. The lowest BCUT2D eigenvalue weighted by molar-refractivity contribution is 0.310. The first kappa shape index (κ1) is 18.4. The van der Waals surface area contributed by atoms with Crippen LogP contribution in [-0.2, 0) is 6.42 Å². The molecular formula is C19H31N3O2. The Morgan fingerprint density at radius 3 is 2.67 bits per heavy atom. The van der Waals surface area contributed by atoms with Crippen LogP contribution in [0.3, 0.4) is 0 Å². The Kier molecular flexibility index (Phi) is 7.72. The van der Waals surface area contributed by atoms with Gasteiger partial charge >= 0.3 is 0 Å². The van der Waals surface area contributed by atoms with Gasteiger partial charge in [-0.1, -0.05) is 6.07 Å². The van der Waals surface area contributed by atoms with Crippen LogP contribution in [0.5, 0.6) is 11.5 Å². The molecule has 0 aromatic heterocycles. The second kappa shape index (κ2) is 10.1. The Hall–Kier alpha value is -1.91. The van der Waals surface area contributed by atoms with Gasteiger partial charge in [0, 0.05) is 26.2 Å². The molecule has 0 amide bonds. The van der Waals surface area contributed by atoms with Crippen molar-refractivity contribution >= 4 is 5.96 Å². The van der Waals surface area contributed by atoms with Gasteiger partial charge in [-0.05, 0) is 57.2 Å². The van der Waals surface area contributed by atoms with Gasteiger partial charge in [0.15, 0.2) is 17.5 Å². The summed E-state index contributed by atoms with van der Waals surface area (Å²) in [5, 5.41) is 3.40. The van der Waals surface area contributed by atoms with E-state index in [0.717, 1.165) is 56.5 Å². The van der Waals surface area contributed by atoms with Crippen molar-refractivity contribution in [3.05, 3.63) is 23.8 Å². The van der Waals surface area contributed by atoms with Crippen LogP contribution < -0.4 is 14.8 Å². The SMILES string of the molecule is CCNC(=NCCCc1ccc(OC)c(OCC)c1)N1CCCC1. The van der Waals surface area contributed by atoms with Crippen LogP contribution in [0, 0.1) is 0 Å². The monoisotopic (exact) mass is 333 g/mol. The van der Waals surface area contributed by atoms with E-state index in [1.807, 2.05) is 13.0 Å². The van der Waals surface area contributed by atoms with Crippen LogP contribution in [0.1, 0.15) is 38.7 Å². The number of ether oxygens (including phenoxy) is 2. The van der Waals surface area contributed by atoms with E-state index < -0.39 is 0 Å². The van der Waals surface area contributed by atoms with Gasteiger partial charge in [0.05, 0.1) is 13.7 Å². The van der Waals surface area contributed by atoms with E-state index >= 15 is 0 Å². The van der Waals surface area contributed by atoms with Gasteiger partial charge in [-0.15, -0.1) is 0 Å². The molecule has 1 aliphatic heterocycles. The smallest absolute Gasteiger partial charge is 0.193 e. The fourth-order valence-electron chi connectivity index (χ4n) is 2.97. The normalized spacial score (nSPS) is 14.8. The molecule has 5 heteroatoms. The second-order valence-corrected chi connectivity index (χ2v) is 5.95. The number of nitrogens with one attached hydrogen (secondary N) is 1. The van der Waals surface area contributed by atoms with Crippen LogP contribution in [0.4, 0.5) is 0 Å². The summed E-state index contributed by atoms with van der Waals surface area (Å²) < 4.78 is 11.0. The van der Waals surface area contributed by atoms with E-state index in [-0.39, 0.29) is 0 Å². The van der Waals surface area contributed by atoms with E-state index in [4.69, 9.17) is 14.5 Å². The maximum atomic E-state index is 5.64. The molecule has 0 unspecified atom stereocenters. The molecule has 2 rings (SSSR count). The maximum Gasteiger partial charge on any atom is 0.193 e. The predicted octanol–water partition coefficient (Wildman–Crippen LogP) is 3.09. The number of benzene rings is 1. The lowest BCUT2D eigenvalue weighted by Crippen LogP contribution is -2.39. The third kappa shape index (κ3) is 5.32. The van der Waals surface area contributed by atoms with Crippen molar-refractivity contribution in [2.24, 2.45) is 4.99 Å². The first-order valence-corrected chi connectivity index (χ1v) is 9.11. The molecule has 134 valence electrons. The van der Waals surface area contributed by atoms with Crippen molar-refractivity contribution in [2.45, 2.75) is 39.5 Å². The summed E-state index contributed by atoms with van der Waals surface area (Å²) in [5.41, 5.74) is 1.26. The minimum atomic E-state index is 0.645. The third-order valence-electron chi connectivity index (χ3n) is 4.15. The number of nitrogens with zero attached hydrogens (tertiary/aromatic N) is 2. The maximum absolute atomic E-state index is 5.64. The Bertz CT molecular complexity index is 525. The number of guanidine groups is 1. The van der Waals surface area contributed by atoms with E-state index in [2.05, 4.69) is 29.3 Å². The lowest BCUT2D eigenvalue weighted by atomic mass is 10.1. The Morgan fingerprint density at radius 2 is 2.00 bits per heavy atom. The molecule has 1 N–H and O–H groups in total. The molecule has 5 nitrogen and oxygen atoms in total. The Morgan fingerprint density at radius 1 is 1.21 bits per heavy atom. The molecule has 1 heterocycles. The largest absolute Gasteiger partial charge is 0.493 e. The molecule has 0 atom stereocenters. The number of rotatable bonds is 8. The molecule has 24 heavy (non-hydrogen) atoms. The molecular weight excluding hydrogens is 302 g/mol. The van der Waals surface area contributed by atoms with E-state index in [9.17, 15) is 0 Å². The van der Waals surface area contributed by atoms with Crippen molar-refractivity contribution < 1.29 is 9.47 Å². The average molecular weight is 333 g/mol. The molecule has 1 fully saturated rings. The average Bonchev–Trinajstić information content (AvgIpc) is 3.12. The third-order valence-corrected chi connectivity index (χ3v) is 4.15. The zero-order chi connectivity index (χ0) is 17.2. The molecule has 1 aromatic carbocycles. The highest BCUT2D eigenvalue weighted by molar-refractivity contribution is 5.80. The molecule has 0 aliphatic carbocycles. The summed E-state index contributed by atoms with van der Waals surface area (Å²) in [6, 6.07) is 6.17. The summed E-state index contributed by atoms with van der Waals surface area (Å²) >= 11 is 0. The first-order chi connectivity index (χ1) is 11.8. The highest BCUT2D eigenvalue weighted by atomic mass is 16.5. The van der Waals surface area contributed by atoms with Gasteiger partial charge in [-0.3, -0.25) is 4.99 Å². The van der Waals surface area contributed by atoms with E-state index in [0.29, 0.717) is 6.61 Å². The number of aryl methyl sites for hydroxylation is 1. The minimum Gasteiger partial charge on any atom is -0.493 e. The number of methoxy groups -OCH3 is 1. The molecule has 0 radical (unpaired) electrons. The van der Waals surface area contributed by atoms with Gasteiger partial charge in [0.25, 0.3) is 0 Å². The molecule has 0 bridgehead atoms. The quantitative estimate of drug-likeness (QED) is 0.451. The van der Waals surface area contributed by atoms with Crippen LogP contribution in [0.25, 0.3) is 0 Å². The summed E-state index contributed by atoms with van der Waals surface area (Å²) in [7, 11) is 1.67. The van der Waals surface area contributed by atoms with Crippen LogP contribution >= 0.6 is 0 Å². The summed E-state index contributed by atoms with van der Waals surface area (Å²) in [6.07, 6.45) is 4.57. The summed E-state index contributed by atoms with van der Waals surface area (Å²) in [5.74, 6) is 2.69. The lowest BCUT2D eigenvalue weighted by Gasteiger charge is -2.20. The van der Waals surface area contributed by atoms with Crippen LogP contribution in [0.2, 0.25) is 0 Å². The van der Waals surface area contributed by atoms with Crippen molar-refractivity contribution in [2.75, 3.05) is 39.9 Å².